The second-order valence-corrected chi connectivity index (χ2v) is 10.6. The lowest BCUT2D eigenvalue weighted by Gasteiger charge is -2.57. The van der Waals surface area contributed by atoms with Gasteiger partial charge in [0.2, 0.25) is 5.88 Å². The summed E-state index contributed by atoms with van der Waals surface area (Å²) in [4.78, 5) is 4.08. The number of ether oxygens (including phenoxy) is 1. The first-order chi connectivity index (χ1) is 16.2. The van der Waals surface area contributed by atoms with Gasteiger partial charge in [0.05, 0.1) is 6.61 Å². The molecule has 4 bridgehead atoms. The number of rotatable bonds is 10. The van der Waals surface area contributed by atoms with Gasteiger partial charge in [-0.25, -0.2) is 5.26 Å². The molecule has 4 saturated carbocycles. The molecule has 4 aliphatic carbocycles. The molecular weight excluding hydrogens is 420 g/mol. The molecule has 6 rings (SSSR count). The van der Waals surface area contributed by atoms with Crippen molar-refractivity contribution in [1.82, 2.24) is 9.78 Å². The standard InChI is InChI=1S/C22H34N2O.C4H6O4/c1(5-9-25-21-13-20-6-2-4-8-24(20)23-21)3-7-22-14-17-10-18(15-22)12-19(11-17)16-22;1-2-3-4-6-8-7-5/h13,17-19H,1-12,14-16H2;5H,4H2,1H3. The number of fused-ring (bicyclic) bond motifs is 1. The van der Waals surface area contributed by atoms with E-state index in [1.165, 1.54) is 50.6 Å². The highest BCUT2D eigenvalue weighted by atomic mass is 17.6. The van der Waals surface area contributed by atoms with Crippen LogP contribution in [0.2, 0.25) is 0 Å². The van der Waals surface area contributed by atoms with Gasteiger partial charge in [-0.3, -0.25) is 4.68 Å². The molecule has 4 fully saturated rings. The van der Waals surface area contributed by atoms with Crippen molar-refractivity contribution < 1.29 is 25.0 Å². The molecule has 0 radical (unpaired) electrons. The predicted octanol–water partition coefficient (Wildman–Crippen LogP) is 5.74. The Balaban J connectivity index is 0.000000281. The number of hydrogen-bond acceptors (Lipinski definition) is 6. The fraction of sp³-hybridized carbons (Fsp3) is 0.808. The van der Waals surface area contributed by atoms with Crippen LogP contribution in [0.1, 0.15) is 89.7 Å². The van der Waals surface area contributed by atoms with E-state index in [4.69, 9.17) is 9.99 Å². The van der Waals surface area contributed by atoms with Crippen molar-refractivity contribution in [2.45, 2.75) is 96.9 Å². The third kappa shape index (κ3) is 6.95. The molecule has 0 unspecified atom stereocenters. The minimum Gasteiger partial charge on any atom is -0.477 e. The maximum atomic E-state index is 7.47. The van der Waals surface area contributed by atoms with E-state index in [9.17, 15) is 0 Å². The van der Waals surface area contributed by atoms with Gasteiger partial charge in [0.25, 0.3) is 0 Å². The largest absolute Gasteiger partial charge is 0.477 e. The Labute approximate surface area is 197 Å². The molecule has 0 saturated heterocycles. The van der Waals surface area contributed by atoms with E-state index in [2.05, 4.69) is 42.7 Å². The first-order valence-corrected chi connectivity index (χ1v) is 12.9. The first-order valence-electron chi connectivity index (χ1n) is 12.9. The quantitative estimate of drug-likeness (QED) is 0.208. The number of aryl methyl sites for hydroxylation is 2. The molecule has 2 heterocycles. The van der Waals surface area contributed by atoms with E-state index >= 15 is 0 Å². The van der Waals surface area contributed by atoms with Crippen molar-refractivity contribution in [2.75, 3.05) is 13.2 Å². The molecule has 5 aliphatic rings. The van der Waals surface area contributed by atoms with Gasteiger partial charge in [0.1, 0.15) is 6.61 Å². The highest BCUT2D eigenvalue weighted by molar-refractivity contribution is 5.16. The fourth-order valence-electron chi connectivity index (χ4n) is 7.16. The Kier molecular flexibility index (Phi) is 9.08. The summed E-state index contributed by atoms with van der Waals surface area (Å²) in [6, 6.07) is 2.16. The Morgan fingerprint density at radius 2 is 1.85 bits per heavy atom. The summed E-state index contributed by atoms with van der Waals surface area (Å²) < 4.78 is 8.07. The third-order valence-corrected chi connectivity index (χ3v) is 8.05. The van der Waals surface area contributed by atoms with Gasteiger partial charge < -0.3 is 4.74 Å². The first kappa shape index (κ1) is 24.5. The second-order valence-electron chi connectivity index (χ2n) is 10.6. The molecule has 0 atom stereocenters. The van der Waals surface area contributed by atoms with Crippen molar-refractivity contribution in [3.05, 3.63) is 11.8 Å². The predicted molar refractivity (Wildman–Crippen MR) is 124 cm³/mol. The van der Waals surface area contributed by atoms with Crippen LogP contribution >= 0.6 is 0 Å². The SMILES string of the molecule is CC#CCOOOO.c1c(OCCCCCC23CC4CC(CC(C4)C2)C3)nn2c1CCCC2. The molecule has 1 aromatic heterocycles. The lowest BCUT2D eigenvalue weighted by atomic mass is 9.48. The molecular formula is C26H40N2O5. The van der Waals surface area contributed by atoms with Gasteiger partial charge in [0, 0.05) is 18.3 Å². The molecule has 7 heteroatoms. The lowest BCUT2D eigenvalue weighted by Crippen LogP contribution is -2.45. The van der Waals surface area contributed by atoms with E-state index in [1.54, 1.807) is 45.4 Å². The van der Waals surface area contributed by atoms with Gasteiger partial charge in [0.15, 0.2) is 0 Å². The molecule has 184 valence electrons. The highest BCUT2D eigenvalue weighted by Gasteiger charge is 2.50. The average Bonchev–Trinajstić information content (AvgIpc) is 3.22. The van der Waals surface area contributed by atoms with Crippen molar-refractivity contribution in [1.29, 1.82) is 0 Å². The van der Waals surface area contributed by atoms with Crippen LogP contribution in [0.4, 0.5) is 0 Å². The average molecular weight is 461 g/mol. The highest BCUT2D eigenvalue weighted by Crippen LogP contribution is 2.61. The Hall–Kier alpha value is -1.59. The van der Waals surface area contributed by atoms with Crippen LogP contribution in [-0.2, 0) is 27.9 Å². The van der Waals surface area contributed by atoms with Crippen LogP contribution in [-0.4, -0.2) is 28.3 Å². The summed E-state index contributed by atoms with van der Waals surface area (Å²) in [5.74, 6) is 9.18. The number of nitrogens with zero attached hydrogens (tertiary/aromatic N) is 2. The van der Waals surface area contributed by atoms with Gasteiger partial charge in [-0.05, 0) is 111 Å². The Morgan fingerprint density at radius 3 is 2.52 bits per heavy atom. The summed E-state index contributed by atoms with van der Waals surface area (Å²) >= 11 is 0. The van der Waals surface area contributed by atoms with E-state index in [1.807, 2.05) is 0 Å². The third-order valence-electron chi connectivity index (χ3n) is 8.05. The second kappa shape index (κ2) is 12.2. The maximum absolute atomic E-state index is 7.47. The lowest BCUT2D eigenvalue weighted by molar-refractivity contribution is -0.620. The number of hydrogen-bond donors (Lipinski definition) is 1. The molecule has 1 aromatic rings. The summed E-state index contributed by atoms with van der Waals surface area (Å²) in [6.45, 7) is 3.65. The molecule has 7 nitrogen and oxygen atoms in total. The van der Waals surface area contributed by atoms with Crippen LogP contribution in [0.3, 0.4) is 0 Å². The van der Waals surface area contributed by atoms with Crippen molar-refractivity contribution in [3.8, 4) is 17.7 Å². The Bertz CT molecular complexity index is 738. The number of aromatic nitrogens is 2. The minimum absolute atomic E-state index is 0.0804. The maximum Gasteiger partial charge on any atom is 0.232 e. The zero-order valence-electron chi connectivity index (χ0n) is 20.1. The minimum atomic E-state index is 0.0804. The fourth-order valence-corrected chi connectivity index (χ4v) is 7.16. The summed E-state index contributed by atoms with van der Waals surface area (Å²) in [5, 5.41) is 18.7. The van der Waals surface area contributed by atoms with E-state index < -0.39 is 0 Å². The zero-order valence-corrected chi connectivity index (χ0v) is 20.1. The topological polar surface area (TPSA) is 75.0 Å². The van der Waals surface area contributed by atoms with E-state index in [-0.39, 0.29) is 6.61 Å². The van der Waals surface area contributed by atoms with Crippen LogP contribution in [0, 0.1) is 35.0 Å². The summed E-state index contributed by atoms with van der Waals surface area (Å²) in [6.07, 6.45) is 18.6. The summed E-state index contributed by atoms with van der Waals surface area (Å²) in [5.41, 5.74) is 2.13. The number of unbranched alkanes of at least 4 members (excludes halogenated alkanes) is 2. The van der Waals surface area contributed by atoms with Crippen LogP contribution in [0.5, 0.6) is 5.88 Å². The molecule has 0 aromatic carbocycles. The molecule has 1 aliphatic heterocycles. The van der Waals surface area contributed by atoms with E-state index in [0.29, 0.717) is 0 Å². The van der Waals surface area contributed by atoms with Gasteiger partial charge in [-0.15, -0.1) is 11.0 Å². The molecule has 1 N–H and O–H groups in total. The van der Waals surface area contributed by atoms with Crippen molar-refractivity contribution in [2.24, 2.45) is 23.2 Å². The molecule has 0 amide bonds. The van der Waals surface area contributed by atoms with Crippen molar-refractivity contribution in [3.63, 3.8) is 0 Å². The van der Waals surface area contributed by atoms with E-state index in [0.717, 1.165) is 42.2 Å². The van der Waals surface area contributed by atoms with Crippen LogP contribution < -0.4 is 4.74 Å². The molecule has 33 heavy (non-hydrogen) atoms. The molecule has 0 spiro atoms. The van der Waals surface area contributed by atoms with Gasteiger partial charge in [-0.2, -0.15) is 4.89 Å². The van der Waals surface area contributed by atoms with Crippen LogP contribution in [0.25, 0.3) is 0 Å². The zero-order chi connectivity index (χ0) is 22.9. The Morgan fingerprint density at radius 1 is 1.09 bits per heavy atom. The monoisotopic (exact) mass is 460 g/mol. The normalized spacial score (nSPS) is 29.0. The van der Waals surface area contributed by atoms with Gasteiger partial charge >= 0.3 is 0 Å². The summed E-state index contributed by atoms with van der Waals surface area (Å²) in [7, 11) is 0. The van der Waals surface area contributed by atoms with Crippen molar-refractivity contribution >= 4 is 0 Å². The van der Waals surface area contributed by atoms with Crippen LogP contribution in [0.15, 0.2) is 6.07 Å². The van der Waals surface area contributed by atoms with Gasteiger partial charge in [-0.1, -0.05) is 18.8 Å². The smallest absolute Gasteiger partial charge is 0.232 e.